The van der Waals surface area contributed by atoms with Gasteiger partial charge in [-0.3, -0.25) is 5.10 Å². The Labute approximate surface area is 120 Å². The second-order valence-corrected chi connectivity index (χ2v) is 4.68. The Morgan fingerprint density at radius 1 is 1.00 bits per heavy atom. The van der Waals surface area contributed by atoms with Crippen molar-refractivity contribution >= 4 is 5.69 Å². The summed E-state index contributed by atoms with van der Waals surface area (Å²) in [4.78, 5) is 0. The number of aromatic nitrogens is 2. The third-order valence-electron chi connectivity index (χ3n) is 3.09. The number of aromatic amines is 1. The van der Waals surface area contributed by atoms with Crippen molar-refractivity contribution in [2.24, 2.45) is 0 Å². The third kappa shape index (κ3) is 3.25. The van der Waals surface area contributed by atoms with Crippen LogP contribution < -0.4 is 5.32 Å². The second-order valence-electron chi connectivity index (χ2n) is 4.68. The van der Waals surface area contributed by atoms with Crippen molar-refractivity contribution in [1.29, 1.82) is 0 Å². The molecule has 0 aliphatic rings. The number of nitrogens with zero attached hydrogens (tertiary/aromatic N) is 1. The van der Waals surface area contributed by atoms with Crippen LogP contribution in [0.2, 0.25) is 0 Å². The van der Waals surface area contributed by atoms with Crippen LogP contribution in [0.25, 0.3) is 11.3 Å². The number of hydrogen-bond acceptors (Lipinski definition) is 2. The molecule has 1 heterocycles. The fourth-order valence-electron chi connectivity index (χ4n) is 2.13. The molecule has 3 rings (SSSR count). The molecule has 0 fully saturated rings. The molecule has 0 saturated heterocycles. The third-order valence-corrected chi connectivity index (χ3v) is 3.09. The van der Waals surface area contributed by atoms with E-state index in [1.807, 2.05) is 30.3 Å². The number of rotatable bonds is 4. The molecule has 5 heteroatoms. The normalized spacial score (nSPS) is 10.6. The van der Waals surface area contributed by atoms with Crippen molar-refractivity contribution < 1.29 is 8.78 Å². The Morgan fingerprint density at radius 2 is 1.81 bits per heavy atom. The highest BCUT2D eigenvalue weighted by atomic mass is 19.1. The molecule has 0 radical (unpaired) electrons. The minimum atomic E-state index is -0.571. The Hall–Kier alpha value is -2.69. The van der Waals surface area contributed by atoms with E-state index >= 15 is 0 Å². The van der Waals surface area contributed by atoms with Gasteiger partial charge in [-0.15, -0.1) is 0 Å². The van der Waals surface area contributed by atoms with E-state index < -0.39 is 11.6 Å². The first-order valence-corrected chi connectivity index (χ1v) is 6.49. The average molecular weight is 285 g/mol. The molecule has 2 N–H and O–H groups in total. The Kier molecular flexibility index (Phi) is 3.64. The molecule has 0 aliphatic carbocycles. The van der Waals surface area contributed by atoms with Gasteiger partial charge in [-0.25, -0.2) is 8.78 Å². The maximum absolute atomic E-state index is 13.1. The lowest BCUT2D eigenvalue weighted by Gasteiger charge is -2.08. The van der Waals surface area contributed by atoms with E-state index in [1.54, 1.807) is 6.20 Å². The van der Waals surface area contributed by atoms with Gasteiger partial charge in [-0.1, -0.05) is 12.1 Å². The highest BCUT2D eigenvalue weighted by molar-refractivity contribution is 5.64. The molecule has 3 nitrogen and oxygen atoms in total. The van der Waals surface area contributed by atoms with Crippen LogP contribution in [0, 0.1) is 11.6 Å². The number of nitrogens with one attached hydrogen (secondary N) is 2. The van der Waals surface area contributed by atoms with Crippen molar-refractivity contribution in [3.05, 3.63) is 71.9 Å². The minimum Gasteiger partial charge on any atom is -0.381 e. The summed E-state index contributed by atoms with van der Waals surface area (Å²) in [7, 11) is 0. The molecule has 0 amide bonds. The maximum Gasteiger partial charge on any atom is 0.126 e. The van der Waals surface area contributed by atoms with Gasteiger partial charge in [0.2, 0.25) is 0 Å². The quantitative estimate of drug-likeness (QED) is 0.761. The molecule has 106 valence electrons. The van der Waals surface area contributed by atoms with Crippen LogP contribution in [-0.4, -0.2) is 10.2 Å². The van der Waals surface area contributed by atoms with Crippen LogP contribution >= 0.6 is 0 Å². The largest absolute Gasteiger partial charge is 0.381 e. The van der Waals surface area contributed by atoms with Gasteiger partial charge in [0, 0.05) is 30.1 Å². The van der Waals surface area contributed by atoms with Crippen molar-refractivity contribution in [3.8, 4) is 11.3 Å². The van der Waals surface area contributed by atoms with Gasteiger partial charge in [-0.2, -0.15) is 5.10 Å². The Balaban J connectivity index is 1.75. The summed E-state index contributed by atoms with van der Waals surface area (Å²) in [6.45, 7) is 0.348. The maximum atomic E-state index is 13.1. The van der Waals surface area contributed by atoms with Crippen LogP contribution in [0.5, 0.6) is 0 Å². The average Bonchev–Trinajstić information content (AvgIpc) is 2.99. The summed E-state index contributed by atoms with van der Waals surface area (Å²) in [5.74, 6) is -1.14. The lowest BCUT2D eigenvalue weighted by molar-refractivity contribution is 0.580. The van der Waals surface area contributed by atoms with Gasteiger partial charge in [0.1, 0.15) is 11.6 Å². The summed E-state index contributed by atoms with van der Waals surface area (Å²) in [6, 6.07) is 13.1. The van der Waals surface area contributed by atoms with E-state index in [1.165, 1.54) is 12.1 Å². The Morgan fingerprint density at radius 3 is 2.52 bits per heavy atom. The number of halogens is 2. The van der Waals surface area contributed by atoms with E-state index in [2.05, 4.69) is 15.5 Å². The van der Waals surface area contributed by atoms with Crippen LogP contribution in [0.1, 0.15) is 5.56 Å². The summed E-state index contributed by atoms with van der Waals surface area (Å²) < 4.78 is 26.2. The van der Waals surface area contributed by atoms with Crippen molar-refractivity contribution in [2.75, 3.05) is 5.32 Å². The molecule has 0 aliphatic heterocycles. The molecule has 3 aromatic rings. The lowest BCUT2D eigenvalue weighted by Crippen LogP contribution is -2.00. The van der Waals surface area contributed by atoms with Crippen LogP contribution in [0.3, 0.4) is 0 Å². The molecule has 0 saturated carbocycles. The standard InChI is InChI=1S/C16H13F2N3/c17-13-6-11(7-14(18)9-13)10-19-15-3-1-2-12(8-15)16-4-5-20-21-16/h1-9,19H,10H2,(H,20,21). The van der Waals surface area contributed by atoms with Gasteiger partial charge >= 0.3 is 0 Å². The Bertz CT molecular complexity index is 719. The zero-order chi connectivity index (χ0) is 14.7. The molecule has 1 aromatic heterocycles. The van der Waals surface area contributed by atoms with Gasteiger partial charge < -0.3 is 5.32 Å². The summed E-state index contributed by atoms with van der Waals surface area (Å²) in [5, 5.41) is 9.95. The fraction of sp³-hybridized carbons (Fsp3) is 0.0625. The minimum absolute atomic E-state index is 0.348. The number of H-pyrrole nitrogens is 1. The lowest BCUT2D eigenvalue weighted by atomic mass is 10.1. The van der Waals surface area contributed by atoms with Crippen LogP contribution in [0.4, 0.5) is 14.5 Å². The van der Waals surface area contributed by atoms with E-state index in [-0.39, 0.29) is 0 Å². The van der Waals surface area contributed by atoms with Gasteiger partial charge in [-0.05, 0) is 35.9 Å². The zero-order valence-electron chi connectivity index (χ0n) is 11.1. The first kappa shape index (κ1) is 13.3. The molecule has 0 unspecified atom stereocenters. The fourth-order valence-corrected chi connectivity index (χ4v) is 2.13. The first-order chi connectivity index (χ1) is 10.2. The molecule has 0 atom stereocenters. The smallest absolute Gasteiger partial charge is 0.126 e. The number of hydrogen-bond donors (Lipinski definition) is 2. The van der Waals surface area contributed by atoms with E-state index in [4.69, 9.17) is 0 Å². The van der Waals surface area contributed by atoms with Crippen molar-refractivity contribution in [1.82, 2.24) is 10.2 Å². The topological polar surface area (TPSA) is 40.7 Å². The predicted octanol–water partition coefficient (Wildman–Crippen LogP) is 3.97. The predicted molar refractivity (Wildman–Crippen MR) is 77.7 cm³/mol. The van der Waals surface area contributed by atoms with Gasteiger partial charge in [0.05, 0.1) is 5.69 Å². The van der Waals surface area contributed by atoms with Crippen molar-refractivity contribution in [3.63, 3.8) is 0 Å². The van der Waals surface area contributed by atoms with Gasteiger partial charge in [0.15, 0.2) is 0 Å². The monoisotopic (exact) mass is 285 g/mol. The van der Waals surface area contributed by atoms with E-state index in [0.29, 0.717) is 12.1 Å². The second kappa shape index (κ2) is 5.75. The SMILES string of the molecule is Fc1cc(F)cc(CNc2cccc(-c3ccn[nH]3)c2)c1. The zero-order valence-corrected chi connectivity index (χ0v) is 11.1. The van der Waals surface area contributed by atoms with E-state index in [0.717, 1.165) is 23.0 Å². The first-order valence-electron chi connectivity index (χ1n) is 6.49. The molecular formula is C16H13F2N3. The molecule has 0 bridgehead atoms. The number of benzene rings is 2. The van der Waals surface area contributed by atoms with Crippen LogP contribution in [0.15, 0.2) is 54.7 Å². The summed E-state index contributed by atoms with van der Waals surface area (Å²) in [5.41, 5.74) is 3.32. The summed E-state index contributed by atoms with van der Waals surface area (Å²) in [6.07, 6.45) is 1.69. The highest BCUT2D eigenvalue weighted by Crippen LogP contribution is 2.21. The molecule has 21 heavy (non-hydrogen) atoms. The highest BCUT2D eigenvalue weighted by Gasteiger charge is 2.02. The summed E-state index contributed by atoms with van der Waals surface area (Å²) >= 11 is 0. The molecular weight excluding hydrogens is 272 g/mol. The molecule has 0 spiro atoms. The van der Waals surface area contributed by atoms with Gasteiger partial charge in [0.25, 0.3) is 0 Å². The van der Waals surface area contributed by atoms with E-state index in [9.17, 15) is 8.78 Å². The number of anilines is 1. The van der Waals surface area contributed by atoms with Crippen LogP contribution in [-0.2, 0) is 6.54 Å². The van der Waals surface area contributed by atoms with Crippen molar-refractivity contribution in [2.45, 2.75) is 6.54 Å². The molecule has 2 aromatic carbocycles.